The van der Waals surface area contributed by atoms with E-state index in [1.807, 2.05) is 61.2 Å². The highest BCUT2D eigenvalue weighted by molar-refractivity contribution is 6.31. The lowest BCUT2D eigenvalue weighted by atomic mass is 10.1. The van der Waals surface area contributed by atoms with Crippen LogP contribution in [0.5, 0.6) is 0 Å². The molecule has 2 aromatic rings. The molecule has 6 heteroatoms. The van der Waals surface area contributed by atoms with E-state index >= 15 is 0 Å². The summed E-state index contributed by atoms with van der Waals surface area (Å²) >= 11 is 6.17. The van der Waals surface area contributed by atoms with Crippen LogP contribution in [0.2, 0.25) is 5.02 Å². The summed E-state index contributed by atoms with van der Waals surface area (Å²) in [6.07, 6.45) is 3.29. The molecule has 0 radical (unpaired) electrons. The fraction of sp³-hybridized carbons (Fsp3) is 0.304. The Morgan fingerprint density at radius 3 is 2.38 bits per heavy atom. The number of halogens is 1. The molecule has 1 aliphatic heterocycles. The maximum atomic E-state index is 12.4. The molecule has 1 N–H and O–H groups in total. The quantitative estimate of drug-likeness (QED) is 0.746. The zero-order valence-corrected chi connectivity index (χ0v) is 17.5. The highest BCUT2D eigenvalue weighted by atomic mass is 35.5. The zero-order chi connectivity index (χ0) is 20.8. The third-order valence-corrected chi connectivity index (χ3v) is 5.10. The number of hydrogen-bond acceptors (Lipinski definition) is 3. The van der Waals surface area contributed by atoms with E-state index in [1.165, 1.54) is 6.08 Å². The molecule has 152 valence electrons. The van der Waals surface area contributed by atoms with Gasteiger partial charge in [-0.3, -0.25) is 9.59 Å². The third kappa shape index (κ3) is 5.61. The summed E-state index contributed by atoms with van der Waals surface area (Å²) in [6, 6.07) is 15.2. The van der Waals surface area contributed by atoms with Gasteiger partial charge >= 0.3 is 0 Å². The Hall–Kier alpha value is -2.79. The van der Waals surface area contributed by atoms with E-state index in [9.17, 15) is 9.59 Å². The molecule has 0 aromatic heterocycles. The molecule has 0 saturated carbocycles. The van der Waals surface area contributed by atoms with Crippen molar-refractivity contribution >= 4 is 40.9 Å². The van der Waals surface area contributed by atoms with E-state index in [1.54, 1.807) is 12.1 Å². The molecule has 0 bridgehead atoms. The number of amides is 2. The number of hydrogen-bond donors (Lipinski definition) is 1. The van der Waals surface area contributed by atoms with Crippen LogP contribution in [-0.4, -0.2) is 42.9 Å². The third-order valence-electron chi connectivity index (χ3n) is 4.87. The summed E-state index contributed by atoms with van der Waals surface area (Å²) in [7, 11) is 0. The molecule has 3 rings (SSSR count). The molecule has 1 aliphatic rings. The van der Waals surface area contributed by atoms with Gasteiger partial charge in [-0.1, -0.05) is 55.8 Å². The van der Waals surface area contributed by atoms with E-state index < -0.39 is 0 Å². The second kappa shape index (κ2) is 9.61. The van der Waals surface area contributed by atoms with Gasteiger partial charge in [-0.15, -0.1) is 0 Å². The first-order valence-electron chi connectivity index (χ1n) is 9.81. The lowest BCUT2D eigenvalue weighted by Gasteiger charge is -2.37. The van der Waals surface area contributed by atoms with Gasteiger partial charge in [0.1, 0.15) is 0 Å². The van der Waals surface area contributed by atoms with E-state index in [2.05, 4.69) is 10.2 Å². The van der Waals surface area contributed by atoms with Crippen LogP contribution < -0.4 is 10.2 Å². The monoisotopic (exact) mass is 411 g/mol. The Bertz CT molecular complexity index is 888. The molecule has 1 heterocycles. The molecule has 0 aliphatic carbocycles. The van der Waals surface area contributed by atoms with E-state index in [4.69, 9.17) is 11.6 Å². The van der Waals surface area contributed by atoms with E-state index in [0.717, 1.165) is 11.3 Å². The Balaban J connectivity index is 1.69. The van der Waals surface area contributed by atoms with Gasteiger partial charge in [0.15, 0.2) is 0 Å². The summed E-state index contributed by atoms with van der Waals surface area (Å²) in [4.78, 5) is 28.7. The van der Waals surface area contributed by atoms with Crippen molar-refractivity contribution in [1.29, 1.82) is 0 Å². The Morgan fingerprint density at radius 2 is 1.72 bits per heavy atom. The van der Waals surface area contributed by atoms with Gasteiger partial charge in [-0.25, -0.2) is 0 Å². The summed E-state index contributed by atoms with van der Waals surface area (Å²) < 4.78 is 0. The lowest BCUT2D eigenvalue weighted by molar-refractivity contribution is -0.134. The summed E-state index contributed by atoms with van der Waals surface area (Å²) in [5.41, 5.74) is 2.54. The van der Waals surface area contributed by atoms with Crippen LogP contribution in [0, 0.1) is 5.92 Å². The van der Waals surface area contributed by atoms with Crippen molar-refractivity contribution in [3.63, 3.8) is 0 Å². The normalized spacial score (nSPS) is 14.5. The maximum absolute atomic E-state index is 12.4. The van der Waals surface area contributed by atoms with Gasteiger partial charge in [-0.05, 0) is 29.8 Å². The number of piperazine rings is 1. The molecule has 2 aromatic carbocycles. The molecular weight excluding hydrogens is 386 g/mol. The number of anilines is 2. The van der Waals surface area contributed by atoms with Crippen LogP contribution in [0.25, 0.3) is 6.08 Å². The largest absolute Gasteiger partial charge is 0.366 e. The highest BCUT2D eigenvalue weighted by Gasteiger charge is 2.24. The van der Waals surface area contributed by atoms with Crippen LogP contribution in [0.3, 0.4) is 0 Å². The smallest absolute Gasteiger partial charge is 0.248 e. The van der Waals surface area contributed by atoms with E-state index in [0.29, 0.717) is 36.9 Å². The summed E-state index contributed by atoms with van der Waals surface area (Å²) in [6.45, 7) is 6.60. The highest BCUT2D eigenvalue weighted by Crippen LogP contribution is 2.30. The van der Waals surface area contributed by atoms with Gasteiger partial charge in [-0.2, -0.15) is 0 Å². The van der Waals surface area contributed by atoms with Gasteiger partial charge in [0.05, 0.1) is 11.4 Å². The first kappa shape index (κ1) is 20.9. The van der Waals surface area contributed by atoms with Gasteiger partial charge in [0, 0.05) is 43.2 Å². The van der Waals surface area contributed by atoms with Crippen molar-refractivity contribution in [3.8, 4) is 0 Å². The van der Waals surface area contributed by atoms with E-state index in [-0.39, 0.29) is 17.7 Å². The number of carbonyl (C=O) groups excluding carboxylic acids is 2. The topological polar surface area (TPSA) is 52.7 Å². The molecule has 1 saturated heterocycles. The number of nitrogens with zero attached hydrogens (tertiary/aromatic N) is 2. The van der Waals surface area contributed by atoms with Crippen molar-refractivity contribution in [2.45, 2.75) is 13.8 Å². The molecule has 29 heavy (non-hydrogen) atoms. The van der Waals surface area contributed by atoms with Crippen molar-refractivity contribution in [1.82, 2.24) is 4.90 Å². The molecular formula is C23H26ClN3O2. The van der Waals surface area contributed by atoms with Crippen molar-refractivity contribution in [2.24, 2.45) is 5.92 Å². The minimum absolute atomic E-state index is 0.00309. The Morgan fingerprint density at radius 1 is 1.03 bits per heavy atom. The van der Waals surface area contributed by atoms with Gasteiger partial charge < -0.3 is 15.1 Å². The minimum Gasteiger partial charge on any atom is -0.366 e. The number of nitrogens with one attached hydrogen (secondary N) is 1. The van der Waals surface area contributed by atoms with Crippen LogP contribution >= 0.6 is 11.6 Å². The van der Waals surface area contributed by atoms with Crippen LogP contribution in [0.4, 0.5) is 11.4 Å². The fourth-order valence-corrected chi connectivity index (χ4v) is 3.50. The standard InChI is InChI=1S/C23H26ClN3O2/c1-17(2)23(29)27-14-12-26(13-15-27)21-10-9-19(24)16-20(21)25-22(28)11-8-18-6-4-3-5-7-18/h3-11,16-17H,12-15H2,1-2H3,(H,25,28)/b11-8+. The molecule has 0 unspecified atom stereocenters. The van der Waals surface area contributed by atoms with Crippen molar-refractivity contribution in [3.05, 3.63) is 65.2 Å². The number of benzene rings is 2. The van der Waals surface area contributed by atoms with Crippen molar-refractivity contribution < 1.29 is 9.59 Å². The SMILES string of the molecule is CC(C)C(=O)N1CCN(c2ccc(Cl)cc2NC(=O)/C=C/c2ccccc2)CC1. The second-order valence-corrected chi connectivity index (χ2v) is 7.80. The summed E-state index contributed by atoms with van der Waals surface area (Å²) in [5, 5.41) is 3.50. The second-order valence-electron chi connectivity index (χ2n) is 7.36. The van der Waals surface area contributed by atoms with Crippen LogP contribution in [0.1, 0.15) is 19.4 Å². The molecule has 0 atom stereocenters. The molecule has 1 fully saturated rings. The summed E-state index contributed by atoms with van der Waals surface area (Å²) in [5.74, 6) is -0.0327. The maximum Gasteiger partial charge on any atom is 0.248 e. The molecule has 5 nitrogen and oxygen atoms in total. The van der Waals surface area contributed by atoms with Gasteiger partial charge in [0.2, 0.25) is 11.8 Å². The minimum atomic E-state index is -0.217. The average molecular weight is 412 g/mol. The van der Waals surface area contributed by atoms with Crippen LogP contribution in [0.15, 0.2) is 54.6 Å². The predicted octanol–water partition coefficient (Wildman–Crippen LogP) is 4.30. The lowest BCUT2D eigenvalue weighted by Crippen LogP contribution is -2.50. The first-order valence-corrected chi connectivity index (χ1v) is 10.2. The first-order chi connectivity index (χ1) is 13.9. The average Bonchev–Trinajstić information content (AvgIpc) is 2.73. The zero-order valence-electron chi connectivity index (χ0n) is 16.8. The predicted molar refractivity (Wildman–Crippen MR) is 119 cm³/mol. The van der Waals surface area contributed by atoms with Gasteiger partial charge in [0.25, 0.3) is 0 Å². The number of rotatable bonds is 5. The Labute approximate surface area is 177 Å². The van der Waals surface area contributed by atoms with Crippen LogP contribution in [-0.2, 0) is 9.59 Å². The van der Waals surface area contributed by atoms with Crippen molar-refractivity contribution in [2.75, 3.05) is 36.4 Å². The fourth-order valence-electron chi connectivity index (χ4n) is 3.33. The number of carbonyl (C=O) groups is 2. The molecule has 0 spiro atoms. The molecule has 2 amide bonds. The Kier molecular flexibility index (Phi) is 6.94.